The van der Waals surface area contributed by atoms with Crippen LogP contribution in [0.4, 0.5) is 4.79 Å². The number of carbonyl (C=O) groups is 2. The third-order valence-corrected chi connectivity index (χ3v) is 6.18. The number of rotatable bonds is 6. The summed E-state index contributed by atoms with van der Waals surface area (Å²) in [6.45, 7) is 0. The van der Waals surface area contributed by atoms with Crippen LogP contribution in [0.1, 0.15) is 25.7 Å². The Morgan fingerprint density at radius 1 is 1.47 bits per heavy atom. The fraction of sp³-hybridized carbons (Fsp3) is 0.818. The van der Waals surface area contributed by atoms with Crippen molar-refractivity contribution >= 4 is 37.4 Å². The first kappa shape index (κ1) is 13.2. The number of amides is 2. The first-order valence-electron chi connectivity index (χ1n) is 5.96. The van der Waals surface area contributed by atoms with Gasteiger partial charge >= 0.3 is 112 Å². The van der Waals surface area contributed by atoms with Gasteiger partial charge in [-0.2, -0.15) is 0 Å². The summed E-state index contributed by atoms with van der Waals surface area (Å²) < 4.78 is 0.422. The van der Waals surface area contributed by atoms with Gasteiger partial charge in [-0.3, -0.25) is 0 Å². The van der Waals surface area contributed by atoms with E-state index in [9.17, 15) is 9.59 Å². The maximum absolute atomic E-state index is 11.2. The first-order valence-corrected chi connectivity index (χ1v) is 9.58. The second kappa shape index (κ2) is 6.12. The average molecular weight is 321 g/mol. The van der Waals surface area contributed by atoms with E-state index < -0.39 is 0 Å². The Morgan fingerprint density at radius 3 is 3.06 bits per heavy atom. The molecular formula is C11H18N2O2SSe. The summed E-state index contributed by atoms with van der Waals surface area (Å²) in [6, 6.07) is 0.603. The van der Waals surface area contributed by atoms with E-state index in [0.717, 1.165) is 31.4 Å². The van der Waals surface area contributed by atoms with E-state index in [-0.39, 0.29) is 21.0 Å². The molecule has 17 heavy (non-hydrogen) atoms. The number of nitrogens with one attached hydrogen (secondary N) is 2. The Morgan fingerprint density at radius 2 is 2.29 bits per heavy atom. The molecule has 0 bridgehead atoms. The third kappa shape index (κ3) is 3.39. The van der Waals surface area contributed by atoms with Crippen molar-refractivity contribution in [2.45, 2.75) is 48.8 Å². The van der Waals surface area contributed by atoms with Gasteiger partial charge in [-0.1, -0.05) is 0 Å². The van der Waals surface area contributed by atoms with Crippen LogP contribution in [-0.4, -0.2) is 48.8 Å². The van der Waals surface area contributed by atoms with Crippen molar-refractivity contribution in [2.24, 2.45) is 0 Å². The SMILES string of the molecule is C[Se]C(=O)CCCC[C@@H]1SC[C@@H]2NC(=O)N[C@@H]21. The molecule has 2 aliphatic heterocycles. The zero-order chi connectivity index (χ0) is 12.3. The number of hydrogen-bond acceptors (Lipinski definition) is 3. The quantitative estimate of drug-likeness (QED) is 0.436. The summed E-state index contributed by atoms with van der Waals surface area (Å²) >= 11 is 2.11. The van der Waals surface area contributed by atoms with Crippen molar-refractivity contribution in [2.75, 3.05) is 5.75 Å². The van der Waals surface area contributed by atoms with Crippen molar-refractivity contribution in [1.82, 2.24) is 10.6 Å². The van der Waals surface area contributed by atoms with Crippen LogP contribution in [-0.2, 0) is 4.79 Å². The van der Waals surface area contributed by atoms with Gasteiger partial charge in [0.1, 0.15) is 0 Å². The molecule has 2 aliphatic rings. The van der Waals surface area contributed by atoms with Crippen LogP contribution in [0.25, 0.3) is 0 Å². The van der Waals surface area contributed by atoms with Crippen molar-refractivity contribution in [1.29, 1.82) is 0 Å². The van der Waals surface area contributed by atoms with E-state index >= 15 is 0 Å². The molecule has 0 spiro atoms. The Bertz CT molecular complexity index is 314. The predicted octanol–water partition coefficient (Wildman–Crippen LogP) is 0.991. The summed E-state index contributed by atoms with van der Waals surface area (Å²) in [4.78, 5) is 22.4. The summed E-state index contributed by atoms with van der Waals surface area (Å²) in [5, 5.41) is 6.46. The van der Waals surface area contributed by atoms with Gasteiger partial charge < -0.3 is 0 Å². The molecule has 0 unspecified atom stereocenters. The van der Waals surface area contributed by atoms with Crippen LogP contribution in [0.5, 0.6) is 0 Å². The zero-order valence-electron chi connectivity index (χ0n) is 9.90. The summed E-state index contributed by atoms with van der Waals surface area (Å²) in [5.74, 6) is 3.00. The number of fused-ring (bicyclic) bond motifs is 1. The summed E-state index contributed by atoms with van der Waals surface area (Å²) in [7, 11) is 0. The molecule has 3 atom stereocenters. The number of urea groups is 1. The average Bonchev–Trinajstić information content (AvgIpc) is 2.84. The van der Waals surface area contributed by atoms with Crippen LogP contribution in [0.3, 0.4) is 0 Å². The van der Waals surface area contributed by atoms with Crippen LogP contribution < -0.4 is 10.6 Å². The molecule has 2 amide bonds. The van der Waals surface area contributed by atoms with Gasteiger partial charge in [-0.15, -0.1) is 0 Å². The summed E-state index contributed by atoms with van der Waals surface area (Å²) in [5.41, 5.74) is 0. The van der Waals surface area contributed by atoms with E-state index in [4.69, 9.17) is 0 Å². The summed E-state index contributed by atoms with van der Waals surface area (Å²) in [6.07, 6.45) is 3.95. The van der Waals surface area contributed by atoms with Gasteiger partial charge in [0.05, 0.1) is 0 Å². The number of carbonyl (C=O) groups excluding carboxylic acids is 2. The molecule has 0 radical (unpaired) electrons. The van der Waals surface area contributed by atoms with E-state index in [0.29, 0.717) is 22.0 Å². The Labute approximate surface area is 112 Å². The second-order valence-corrected chi connectivity index (χ2v) is 7.53. The van der Waals surface area contributed by atoms with Crippen molar-refractivity contribution in [3.05, 3.63) is 0 Å². The van der Waals surface area contributed by atoms with Gasteiger partial charge in [-0.25, -0.2) is 0 Å². The van der Waals surface area contributed by atoms with Crippen molar-refractivity contribution < 1.29 is 9.59 Å². The molecule has 0 aromatic heterocycles. The van der Waals surface area contributed by atoms with Gasteiger partial charge in [0.15, 0.2) is 0 Å². The van der Waals surface area contributed by atoms with E-state index in [1.54, 1.807) is 0 Å². The molecule has 0 aromatic carbocycles. The second-order valence-electron chi connectivity index (χ2n) is 4.44. The van der Waals surface area contributed by atoms with E-state index in [2.05, 4.69) is 10.6 Å². The molecule has 0 aromatic rings. The standard InChI is InChI=1S/C11H18N2O2SSe/c1-17-9(14)5-3-2-4-8-10-7(6-16-8)12-11(15)13-10/h7-8,10H,2-6H2,1H3,(H2,12,13,15)/t7-,8-,10-/m0/s1. The molecule has 2 rings (SSSR count). The van der Waals surface area contributed by atoms with Crippen LogP contribution in [0.15, 0.2) is 0 Å². The number of unbranched alkanes of at least 4 members (excludes halogenated alkanes) is 1. The van der Waals surface area contributed by atoms with Gasteiger partial charge in [0.25, 0.3) is 0 Å². The first-order chi connectivity index (χ1) is 8.20. The Kier molecular flexibility index (Phi) is 4.77. The zero-order valence-corrected chi connectivity index (χ0v) is 12.4. The fourth-order valence-electron chi connectivity index (χ4n) is 2.36. The minimum absolute atomic E-state index is 0.0193. The van der Waals surface area contributed by atoms with Crippen LogP contribution in [0, 0.1) is 0 Å². The van der Waals surface area contributed by atoms with Crippen LogP contribution in [0.2, 0.25) is 5.82 Å². The number of thioether (sulfide) groups is 1. The molecule has 2 fully saturated rings. The van der Waals surface area contributed by atoms with Gasteiger partial charge in [-0.05, 0) is 0 Å². The topological polar surface area (TPSA) is 58.2 Å². The molecular weight excluding hydrogens is 303 g/mol. The molecule has 2 heterocycles. The molecule has 6 heteroatoms. The Balaban J connectivity index is 1.66. The molecule has 2 saturated heterocycles. The van der Waals surface area contributed by atoms with Gasteiger partial charge in [0.2, 0.25) is 0 Å². The third-order valence-electron chi connectivity index (χ3n) is 3.29. The predicted molar refractivity (Wildman–Crippen MR) is 70.6 cm³/mol. The molecule has 0 saturated carbocycles. The molecule has 4 nitrogen and oxygen atoms in total. The van der Waals surface area contributed by atoms with E-state index in [1.165, 1.54) is 0 Å². The van der Waals surface area contributed by atoms with E-state index in [1.807, 2.05) is 17.6 Å². The molecule has 96 valence electrons. The maximum atomic E-state index is 11.2. The normalized spacial score (nSPS) is 30.9. The van der Waals surface area contributed by atoms with Crippen LogP contribution >= 0.6 is 11.8 Å². The fourth-order valence-corrected chi connectivity index (χ4v) is 4.63. The molecule has 0 aliphatic carbocycles. The van der Waals surface area contributed by atoms with Gasteiger partial charge in [0, 0.05) is 0 Å². The number of hydrogen-bond donors (Lipinski definition) is 2. The monoisotopic (exact) mass is 322 g/mol. The Hall–Kier alpha value is -0.191. The van der Waals surface area contributed by atoms with Crippen molar-refractivity contribution in [3.8, 4) is 0 Å². The van der Waals surface area contributed by atoms with Crippen molar-refractivity contribution in [3.63, 3.8) is 0 Å². The molecule has 2 N–H and O–H groups in total. The minimum atomic E-state index is -0.0193.